The lowest BCUT2D eigenvalue weighted by Crippen LogP contribution is -2.40. The minimum atomic E-state index is -0.590. The van der Waals surface area contributed by atoms with Crippen molar-refractivity contribution < 1.29 is 9.53 Å². The van der Waals surface area contributed by atoms with Crippen molar-refractivity contribution in [3.8, 4) is 11.8 Å². The van der Waals surface area contributed by atoms with E-state index in [0.29, 0.717) is 12.8 Å². The highest BCUT2D eigenvalue weighted by Gasteiger charge is 2.45. The molecular formula is C14H15NO2. The molecule has 1 saturated carbocycles. The molecule has 0 radical (unpaired) electrons. The van der Waals surface area contributed by atoms with Gasteiger partial charge in [-0.05, 0) is 31.5 Å². The standard InChI is InChI=1S/C14H15NO2/c1-10(2)17-13-5-3-11(4-6-13)14(9-15)7-12(16)8-14/h3-6,10H,7-8H2,1-2H3. The summed E-state index contributed by atoms with van der Waals surface area (Å²) in [6.45, 7) is 3.94. The van der Waals surface area contributed by atoms with E-state index in [1.807, 2.05) is 38.1 Å². The summed E-state index contributed by atoms with van der Waals surface area (Å²) in [6.07, 6.45) is 0.818. The number of Topliss-reactive ketones (excluding diaryl/α,β-unsaturated/α-hetero) is 1. The van der Waals surface area contributed by atoms with Gasteiger partial charge in [-0.15, -0.1) is 0 Å². The van der Waals surface area contributed by atoms with Crippen LogP contribution in [0, 0.1) is 11.3 Å². The third-order valence-electron chi connectivity index (χ3n) is 2.99. The fourth-order valence-corrected chi connectivity index (χ4v) is 2.09. The molecule has 0 bridgehead atoms. The molecule has 1 aliphatic carbocycles. The Balaban J connectivity index is 2.18. The maximum absolute atomic E-state index is 11.1. The fourth-order valence-electron chi connectivity index (χ4n) is 2.09. The van der Waals surface area contributed by atoms with Crippen LogP contribution in [-0.2, 0) is 10.2 Å². The lowest BCUT2D eigenvalue weighted by atomic mass is 9.65. The minimum absolute atomic E-state index is 0.135. The Hall–Kier alpha value is -1.82. The summed E-state index contributed by atoms with van der Waals surface area (Å²) in [5.74, 6) is 0.955. The third-order valence-corrected chi connectivity index (χ3v) is 2.99. The fraction of sp³-hybridized carbons (Fsp3) is 0.429. The van der Waals surface area contributed by atoms with E-state index in [1.54, 1.807) is 0 Å². The molecule has 88 valence electrons. The first-order valence-corrected chi connectivity index (χ1v) is 5.76. The van der Waals surface area contributed by atoms with Gasteiger partial charge in [0.1, 0.15) is 11.5 Å². The molecule has 1 aliphatic rings. The molecule has 0 unspecified atom stereocenters. The third kappa shape index (κ3) is 2.16. The van der Waals surface area contributed by atoms with Gasteiger partial charge in [0.25, 0.3) is 0 Å². The summed E-state index contributed by atoms with van der Waals surface area (Å²) in [5.41, 5.74) is 0.323. The van der Waals surface area contributed by atoms with Crippen LogP contribution in [0.1, 0.15) is 32.3 Å². The van der Waals surface area contributed by atoms with Gasteiger partial charge in [0.15, 0.2) is 0 Å². The maximum Gasteiger partial charge on any atom is 0.136 e. The normalized spacial score (nSPS) is 17.4. The van der Waals surface area contributed by atoms with Gasteiger partial charge in [-0.25, -0.2) is 0 Å². The molecule has 1 aromatic rings. The van der Waals surface area contributed by atoms with E-state index in [1.165, 1.54) is 0 Å². The SMILES string of the molecule is CC(C)Oc1ccc(C2(C#N)CC(=O)C2)cc1. The average Bonchev–Trinajstić information content (AvgIpc) is 2.25. The molecule has 17 heavy (non-hydrogen) atoms. The van der Waals surface area contributed by atoms with Crippen molar-refractivity contribution in [2.75, 3.05) is 0 Å². The summed E-state index contributed by atoms with van der Waals surface area (Å²) in [4.78, 5) is 11.1. The zero-order valence-corrected chi connectivity index (χ0v) is 10.1. The first-order chi connectivity index (χ1) is 8.05. The second-order valence-electron chi connectivity index (χ2n) is 4.78. The van der Waals surface area contributed by atoms with E-state index in [4.69, 9.17) is 4.74 Å². The predicted molar refractivity (Wildman–Crippen MR) is 63.7 cm³/mol. The van der Waals surface area contributed by atoms with Crippen LogP contribution in [-0.4, -0.2) is 11.9 Å². The van der Waals surface area contributed by atoms with E-state index < -0.39 is 5.41 Å². The molecule has 1 aromatic carbocycles. The van der Waals surface area contributed by atoms with Crippen molar-refractivity contribution in [1.82, 2.24) is 0 Å². The number of benzene rings is 1. The lowest BCUT2D eigenvalue weighted by Gasteiger charge is -2.34. The summed E-state index contributed by atoms with van der Waals surface area (Å²) in [5, 5.41) is 9.19. The van der Waals surface area contributed by atoms with Crippen molar-refractivity contribution >= 4 is 5.78 Å². The Bertz CT molecular complexity index is 460. The van der Waals surface area contributed by atoms with Gasteiger partial charge in [0.05, 0.1) is 17.6 Å². The number of nitrogens with zero attached hydrogens (tertiary/aromatic N) is 1. The zero-order chi connectivity index (χ0) is 12.5. The Morgan fingerprint density at radius 1 is 1.29 bits per heavy atom. The molecule has 0 saturated heterocycles. The van der Waals surface area contributed by atoms with Crippen LogP contribution in [0.2, 0.25) is 0 Å². The quantitative estimate of drug-likeness (QED) is 0.800. The lowest BCUT2D eigenvalue weighted by molar-refractivity contribution is -0.126. The molecule has 0 amide bonds. The van der Waals surface area contributed by atoms with E-state index in [0.717, 1.165) is 11.3 Å². The first kappa shape index (κ1) is 11.7. The van der Waals surface area contributed by atoms with E-state index in [9.17, 15) is 10.1 Å². The number of carbonyl (C=O) groups excluding carboxylic acids is 1. The number of ketones is 1. The van der Waals surface area contributed by atoms with Crippen LogP contribution >= 0.6 is 0 Å². The second kappa shape index (κ2) is 4.21. The number of hydrogen-bond acceptors (Lipinski definition) is 3. The molecule has 0 aromatic heterocycles. The Morgan fingerprint density at radius 2 is 1.88 bits per heavy atom. The van der Waals surface area contributed by atoms with Gasteiger partial charge >= 0.3 is 0 Å². The van der Waals surface area contributed by atoms with Crippen LogP contribution in [0.4, 0.5) is 0 Å². The number of nitriles is 1. The molecule has 0 atom stereocenters. The summed E-state index contributed by atoms with van der Waals surface area (Å²) in [6, 6.07) is 9.74. The van der Waals surface area contributed by atoms with Crippen molar-refractivity contribution in [3.05, 3.63) is 29.8 Å². The van der Waals surface area contributed by atoms with Crippen LogP contribution in [0.3, 0.4) is 0 Å². The molecule has 1 fully saturated rings. The Morgan fingerprint density at radius 3 is 2.29 bits per heavy atom. The highest BCUT2D eigenvalue weighted by atomic mass is 16.5. The molecule has 0 aliphatic heterocycles. The van der Waals surface area contributed by atoms with E-state index >= 15 is 0 Å². The number of rotatable bonds is 3. The molecule has 0 N–H and O–H groups in total. The summed E-state index contributed by atoms with van der Waals surface area (Å²) in [7, 11) is 0. The second-order valence-corrected chi connectivity index (χ2v) is 4.78. The molecule has 2 rings (SSSR count). The van der Waals surface area contributed by atoms with Crippen LogP contribution < -0.4 is 4.74 Å². The van der Waals surface area contributed by atoms with Gasteiger partial charge in [-0.2, -0.15) is 5.26 Å². The number of ether oxygens (including phenoxy) is 1. The van der Waals surface area contributed by atoms with Gasteiger partial charge < -0.3 is 4.74 Å². The van der Waals surface area contributed by atoms with Crippen molar-refractivity contribution in [3.63, 3.8) is 0 Å². The zero-order valence-electron chi connectivity index (χ0n) is 10.1. The Labute approximate surface area is 101 Å². The first-order valence-electron chi connectivity index (χ1n) is 5.76. The van der Waals surface area contributed by atoms with Gasteiger partial charge in [-0.1, -0.05) is 12.1 Å². The topological polar surface area (TPSA) is 50.1 Å². The monoisotopic (exact) mass is 229 g/mol. The van der Waals surface area contributed by atoms with Gasteiger partial charge in [-0.3, -0.25) is 4.79 Å². The number of hydrogen-bond donors (Lipinski definition) is 0. The largest absolute Gasteiger partial charge is 0.491 e. The smallest absolute Gasteiger partial charge is 0.136 e. The maximum atomic E-state index is 11.1. The number of carbonyl (C=O) groups is 1. The summed E-state index contributed by atoms with van der Waals surface area (Å²) >= 11 is 0. The highest BCUT2D eigenvalue weighted by Crippen LogP contribution is 2.41. The molecule has 0 spiro atoms. The highest BCUT2D eigenvalue weighted by molar-refractivity contribution is 5.90. The molecule has 3 nitrogen and oxygen atoms in total. The van der Waals surface area contributed by atoms with E-state index in [2.05, 4.69) is 6.07 Å². The van der Waals surface area contributed by atoms with Crippen molar-refractivity contribution in [1.29, 1.82) is 5.26 Å². The van der Waals surface area contributed by atoms with Gasteiger partial charge in [0.2, 0.25) is 0 Å². The van der Waals surface area contributed by atoms with Crippen LogP contribution in [0.25, 0.3) is 0 Å². The van der Waals surface area contributed by atoms with Crippen LogP contribution in [0.5, 0.6) is 5.75 Å². The van der Waals surface area contributed by atoms with Crippen molar-refractivity contribution in [2.24, 2.45) is 0 Å². The average molecular weight is 229 g/mol. The predicted octanol–water partition coefficient (Wildman–Crippen LogP) is 2.60. The minimum Gasteiger partial charge on any atom is -0.491 e. The molecule has 0 heterocycles. The molecule has 3 heteroatoms. The summed E-state index contributed by atoms with van der Waals surface area (Å²) < 4.78 is 5.54. The van der Waals surface area contributed by atoms with E-state index in [-0.39, 0.29) is 11.9 Å². The van der Waals surface area contributed by atoms with Gasteiger partial charge in [0, 0.05) is 12.8 Å². The molecular weight excluding hydrogens is 214 g/mol. The Kier molecular flexibility index (Phi) is 2.89. The van der Waals surface area contributed by atoms with Crippen LogP contribution in [0.15, 0.2) is 24.3 Å². The van der Waals surface area contributed by atoms with Crippen molar-refractivity contribution in [2.45, 2.75) is 38.2 Å².